The second-order valence-corrected chi connectivity index (χ2v) is 5.21. The van der Waals surface area contributed by atoms with E-state index in [2.05, 4.69) is 5.32 Å². The zero-order valence-corrected chi connectivity index (χ0v) is 12.1. The summed E-state index contributed by atoms with van der Waals surface area (Å²) in [6.45, 7) is 4.45. The molecule has 5 nitrogen and oxygen atoms in total. The molecule has 0 aliphatic heterocycles. The Morgan fingerprint density at radius 1 is 1.35 bits per heavy atom. The first-order valence-corrected chi connectivity index (χ1v) is 6.87. The highest BCUT2D eigenvalue weighted by Gasteiger charge is 2.13. The van der Waals surface area contributed by atoms with Crippen molar-refractivity contribution in [2.24, 2.45) is 11.7 Å². The minimum absolute atomic E-state index is 0.0590. The summed E-state index contributed by atoms with van der Waals surface area (Å²) in [6.07, 6.45) is 0.743. The molecule has 0 aliphatic rings. The number of carbonyl (C=O) groups is 1. The van der Waals surface area contributed by atoms with Crippen molar-refractivity contribution in [2.75, 3.05) is 13.2 Å². The summed E-state index contributed by atoms with van der Waals surface area (Å²) in [6, 6.07) is 7.08. The number of nitrogens with one attached hydrogen (secondary N) is 1. The predicted octanol–water partition coefficient (Wildman–Crippen LogP) is 1.05. The average Bonchev–Trinajstić information content (AvgIpc) is 2.44. The van der Waals surface area contributed by atoms with Crippen LogP contribution in [0.5, 0.6) is 5.75 Å². The fourth-order valence-electron chi connectivity index (χ4n) is 1.89. The third-order valence-electron chi connectivity index (χ3n) is 2.87. The van der Waals surface area contributed by atoms with Gasteiger partial charge in [-0.1, -0.05) is 26.0 Å². The highest BCUT2D eigenvalue weighted by Crippen LogP contribution is 2.11. The third kappa shape index (κ3) is 6.04. The molecule has 1 unspecified atom stereocenters. The smallest absolute Gasteiger partial charge is 0.258 e. The summed E-state index contributed by atoms with van der Waals surface area (Å²) >= 11 is 0. The molecule has 112 valence electrons. The van der Waals surface area contributed by atoms with Gasteiger partial charge in [-0.15, -0.1) is 0 Å². The van der Waals surface area contributed by atoms with Crippen LogP contribution in [0, 0.1) is 5.92 Å². The third-order valence-corrected chi connectivity index (χ3v) is 2.87. The minimum Gasteiger partial charge on any atom is -0.484 e. The van der Waals surface area contributed by atoms with Crippen LogP contribution < -0.4 is 15.8 Å². The van der Waals surface area contributed by atoms with Gasteiger partial charge in [0.15, 0.2) is 6.61 Å². The average molecular weight is 280 g/mol. The zero-order valence-electron chi connectivity index (χ0n) is 12.1. The SMILES string of the molecule is CC(C)CC(CO)NC(=O)COc1ccc(CN)cc1. The summed E-state index contributed by atoms with van der Waals surface area (Å²) in [4.78, 5) is 11.7. The molecule has 0 saturated carbocycles. The van der Waals surface area contributed by atoms with Crippen molar-refractivity contribution in [1.29, 1.82) is 0 Å². The van der Waals surface area contributed by atoms with E-state index in [1.165, 1.54) is 0 Å². The number of amides is 1. The summed E-state index contributed by atoms with van der Waals surface area (Å²) < 4.78 is 5.38. The lowest BCUT2D eigenvalue weighted by molar-refractivity contribution is -0.124. The molecule has 1 atom stereocenters. The molecule has 0 aromatic heterocycles. The van der Waals surface area contributed by atoms with E-state index in [1.807, 2.05) is 26.0 Å². The molecule has 1 rings (SSSR count). The van der Waals surface area contributed by atoms with E-state index >= 15 is 0 Å². The lowest BCUT2D eigenvalue weighted by atomic mass is 10.0. The van der Waals surface area contributed by atoms with Crippen molar-refractivity contribution in [2.45, 2.75) is 32.9 Å². The lowest BCUT2D eigenvalue weighted by Gasteiger charge is -2.18. The highest BCUT2D eigenvalue weighted by atomic mass is 16.5. The fraction of sp³-hybridized carbons (Fsp3) is 0.533. The molecule has 1 aromatic rings. The fourth-order valence-corrected chi connectivity index (χ4v) is 1.89. The van der Waals surface area contributed by atoms with Crippen LogP contribution in [-0.2, 0) is 11.3 Å². The van der Waals surface area contributed by atoms with Crippen LogP contribution in [0.15, 0.2) is 24.3 Å². The van der Waals surface area contributed by atoms with E-state index in [4.69, 9.17) is 10.5 Å². The molecular formula is C15H24N2O3. The van der Waals surface area contributed by atoms with E-state index in [0.29, 0.717) is 18.2 Å². The molecule has 4 N–H and O–H groups in total. The molecule has 0 saturated heterocycles. The number of aliphatic hydroxyl groups excluding tert-OH is 1. The summed E-state index contributed by atoms with van der Waals surface area (Å²) in [5.41, 5.74) is 6.52. The van der Waals surface area contributed by atoms with Gasteiger partial charge in [0.1, 0.15) is 5.75 Å². The predicted molar refractivity (Wildman–Crippen MR) is 78.3 cm³/mol. The molecule has 0 heterocycles. The van der Waals surface area contributed by atoms with E-state index in [-0.39, 0.29) is 25.2 Å². The van der Waals surface area contributed by atoms with Crippen LogP contribution in [0.3, 0.4) is 0 Å². The number of hydrogen-bond acceptors (Lipinski definition) is 4. The normalized spacial score (nSPS) is 12.2. The van der Waals surface area contributed by atoms with E-state index in [9.17, 15) is 9.90 Å². The number of aliphatic hydroxyl groups is 1. The van der Waals surface area contributed by atoms with Crippen molar-refractivity contribution < 1.29 is 14.6 Å². The van der Waals surface area contributed by atoms with Gasteiger partial charge in [-0.05, 0) is 30.0 Å². The molecule has 1 amide bonds. The van der Waals surface area contributed by atoms with Gasteiger partial charge >= 0.3 is 0 Å². The van der Waals surface area contributed by atoms with E-state index in [0.717, 1.165) is 12.0 Å². The number of benzene rings is 1. The first-order valence-electron chi connectivity index (χ1n) is 6.87. The maximum Gasteiger partial charge on any atom is 0.258 e. The Morgan fingerprint density at radius 2 is 2.00 bits per heavy atom. The van der Waals surface area contributed by atoms with E-state index < -0.39 is 0 Å². The first-order chi connectivity index (χ1) is 9.55. The molecule has 0 radical (unpaired) electrons. The maximum atomic E-state index is 11.7. The van der Waals surface area contributed by atoms with Crippen LogP contribution in [0.4, 0.5) is 0 Å². The van der Waals surface area contributed by atoms with Crippen molar-refractivity contribution in [3.05, 3.63) is 29.8 Å². The molecular weight excluding hydrogens is 256 g/mol. The molecule has 0 fully saturated rings. The van der Waals surface area contributed by atoms with Crippen molar-refractivity contribution >= 4 is 5.91 Å². The molecule has 20 heavy (non-hydrogen) atoms. The zero-order chi connectivity index (χ0) is 15.0. The number of hydrogen-bond donors (Lipinski definition) is 3. The number of rotatable bonds is 8. The van der Waals surface area contributed by atoms with Gasteiger partial charge in [-0.25, -0.2) is 0 Å². The molecule has 1 aromatic carbocycles. The van der Waals surface area contributed by atoms with Crippen molar-refractivity contribution in [3.8, 4) is 5.75 Å². The largest absolute Gasteiger partial charge is 0.484 e. The first kappa shape index (κ1) is 16.5. The Morgan fingerprint density at radius 3 is 2.50 bits per heavy atom. The Labute approximate surface area is 120 Å². The molecule has 0 bridgehead atoms. The Balaban J connectivity index is 2.37. The number of ether oxygens (including phenoxy) is 1. The quantitative estimate of drug-likeness (QED) is 0.664. The van der Waals surface area contributed by atoms with Crippen LogP contribution >= 0.6 is 0 Å². The number of carbonyl (C=O) groups excluding carboxylic acids is 1. The van der Waals surface area contributed by atoms with Gasteiger partial charge in [-0.2, -0.15) is 0 Å². The standard InChI is InChI=1S/C15H24N2O3/c1-11(2)7-13(9-18)17-15(19)10-20-14-5-3-12(8-16)4-6-14/h3-6,11,13,18H,7-10,16H2,1-2H3,(H,17,19). The minimum atomic E-state index is -0.229. The Hall–Kier alpha value is -1.59. The van der Waals surface area contributed by atoms with Gasteiger partial charge < -0.3 is 20.9 Å². The summed E-state index contributed by atoms with van der Waals surface area (Å²) in [7, 11) is 0. The Bertz CT molecular complexity index is 404. The summed E-state index contributed by atoms with van der Waals surface area (Å²) in [5.74, 6) is 0.812. The van der Waals surface area contributed by atoms with Crippen LogP contribution in [-0.4, -0.2) is 30.3 Å². The highest BCUT2D eigenvalue weighted by molar-refractivity contribution is 5.77. The van der Waals surface area contributed by atoms with Gasteiger partial charge in [0, 0.05) is 6.54 Å². The molecule has 0 spiro atoms. The Kier molecular flexibility index (Phi) is 7.04. The van der Waals surface area contributed by atoms with Crippen molar-refractivity contribution in [1.82, 2.24) is 5.32 Å². The van der Waals surface area contributed by atoms with Gasteiger partial charge in [-0.3, -0.25) is 4.79 Å². The summed E-state index contributed by atoms with van der Waals surface area (Å²) in [5, 5.41) is 12.0. The van der Waals surface area contributed by atoms with Crippen LogP contribution in [0.25, 0.3) is 0 Å². The van der Waals surface area contributed by atoms with Crippen LogP contribution in [0.1, 0.15) is 25.8 Å². The van der Waals surface area contributed by atoms with Crippen LogP contribution in [0.2, 0.25) is 0 Å². The lowest BCUT2D eigenvalue weighted by Crippen LogP contribution is -2.40. The maximum absolute atomic E-state index is 11.7. The second-order valence-electron chi connectivity index (χ2n) is 5.21. The van der Waals surface area contributed by atoms with Gasteiger partial charge in [0.05, 0.1) is 12.6 Å². The second kappa shape index (κ2) is 8.55. The van der Waals surface area contributed by atoms with Crippen molar-refractivity contribution in [3.63, 3.8) is 0 Å². The topological polar surface area (TPSA) is 84.6 Å². The molecule has 5 heteroatoms. The molecule has 0 aliphatic carbocycles. The number of nitrogens with two attached hydrogens (primary N) is 1. The van der Waals surface area contributed by atoms with Gasteiger partial charge in [0.25, 0.3) is 5.91 Å². The van der Waals surface area contributed by atoms with Gasteiger partial charge in [0.2, 0.25) is 0 Å². The van der Waals surface area contributed by atoms with E-state index in [1.54, 1.807) is 12.1 Å². The monoisotopic (exact) mass is 280 g/mol.